The van der Waals surface area contributed by atoms with Gasteiger partial charge < -0.3 is 9.64 Å². The van der Waals surface area contributed by atoms with Crippen LogP contribution in [-0.4, -0.2) is 35.8 Å². The number of rotatable bonds is 3. The molecule has 1 aromatic carbocycles. The van der Waals surface area contributed by atoms with Crippen LogP contribution in [0.4, 0.5) is 5.95 Å². The fourth-order valence-electron chi connectivity index (χ4n) is 2.39. The summed E-state index contributed by atoms with van der Waals surface area (Å²) in [6.07, 6.45) is 4.46. The number of benzene rings is 1. The van der Waals surface area contributed by atoms with Gasteiger partial charge in [-0.15, -0.1) is 0 Å². The molecule has 0 bridgehead atoms. The van der Waals surface area contributed by atoms with E-state index < -0.39 is 0 Å². The van der Waals surface area contributed by atoms with Crippen molar-refractivity contribution in [1.29, 1.82) is 0 Å². The molecule has 1 aliphatic heterocycles. The predicted octanol–water partition coefficient (Wildman–Crippen LogP) is 2.58. The summed E-state index contributed by atoms with van der Waals surface area (Å²) in [5.74, 6) is 0.764. The van der Waals surface area contributed by atoms with Crippen molar-refractivity contribution in [2.24, 2.45) is 0 Å². The second-order valence-corrected chi connectivity index (χ2v) is 5.19. The van der Waals surface area contributed by atoms with Gasteiger partial charge in [-0.3, -0.25) is 0 Å². The molecule has 0 radical (unpaired) electrons. The Hall–Kier alpha value is -1.65. The molecule has 20 heavy (non-hydrogen) atoms. The van der Waals surface area contributed by atoms with E-state index in [0.717, 1.165) is 36.0 Å². The highest BCUT2D eigenvalue weighted by atomic mass is 35.5. The first kappa shape index (κ1) is 13.3. The summed E-state index contributed by atoms with van der Waals surface area (Å²) in [5.41, 5.74) is 1.12. The molecule has 3 rings (SSSR count). The zero-order valence-electron chi connectivity index (χ0n) is 11.1. The number of hydrogen-bond donors (Lipinski definition) is 0. The summed E-state index contributed by atoms with van der Waals surface area (Å²) in [6, 6.07) is 9.73. The van der Waals surface area contributed by atoms with Crippen molar-refractivity contribution in [3.05, 3.63) is 53.3 Å². The Morgan fingerprint density at radius 2 is 2.00 bits per heavy atom. The zero-order chi connectivity index (χ0) is 13.8. The van der Waals surface area contributed by atoms with Crippen LogP contribution in [0.25, 0.3) is 0 Å². The lowest BCUT2D eigenvalue weighted by molar-refractivity contribution is 0.0405. The number of hydrogen-bond acceptors (Lipinski definition) is 4. The molecule has 0 amide bonds. The van der Waals surface area contributed by atoms with Gasteiger partial charge in [0.2, 0.25) is 5.95 Å². The fourth-order valence-corrected chi connectivity index (χ4v) is 2.60. The van der Waals surface area contributed by atoms with E-state index in [1.165, 1.54) is 0 Å². The van der Waals surface area contributed by atoms with Crippen molar-refractivity contribution >= 4 is 17.5 Å². The molecule has 1 atom stereocenters. The van der Waals surface area contributed by atoms with E-state index in [-0.39, 0.29) is 6.10 Å². The summed E-state index contributed by atoms with van der Waals surface area (Å²) in [5, 5.41) is 0.796. The third-order valence-corrected chi connectivity index (χ3v) is 3.75. The van der Waals surface area contributed by atoms with E-state index in [1.807, 2.05) is 30.3 Å². The highest BCUT2D eigenvalue weighted by Gasteiger charge is 2.22. The van der Waals surface area contributed by atoms with E-state index in [1.54, 1.807) is 12.4 Å². The minimum Gasteiger partial charge on any atom is -0.374 e. The van der Waals surface area contributed by atoms with Gasteiger partial charge in [0.25, 0.3) is 0 Å². The molecule has 0 unspecified atom stereocenters. The quantitative estimate of drug-likeness (QED) is 0.870. The molecular formula is C15H16ClN3O. The SMILES string of the molecule is Clc1ccccc1C[C@H]1CN(c2ncccn2)CCO1. The summed E-state index contributed by atoms with van der Waals surface area (Å²) >= 11 is 6.20. The minimum atomic E-state index is 0.118. The van der Waals surface area contributed by atoms with E-state index in [2.05, 4.69) is 14.9 Å². The Balaban J connectivity index is 1.68. The number of halogens is 1. The number of anilines is 1. The van der Waals surface area contributed by atoms with Crippen LogP contribution < -0.4 is 4.90 Å². The summed E-state index contributed by atoms with van der Waals surface area (Å²) in [6.45, 7) is 2.30. The smallest absolute Gasteiger partial charge is 0.225 e. The van der Waals surface area contributed by atoms with Crippen molar-refractivity contribution in [1.82, 2.24) is 9.97 Å². The molecule has 0 spiro atoms. The van der Waals surface area contributed by atoms with E-state index in [9.17, 15) is 0 Å². The number of aromatic nitrogens is 2. The highest BCUT2D eigenvalue weighted by molar-refractivity contribution is 6.31. The first-order valence-electron chi connectivity index (χ1n) is 6.70. The van der Waals surface area contributed by atoms with Gasteiger partial charge in [0, 0.05) is 36.9 Å². The molecule has 2 aromatic rings. The van der Waals surface area contributed by atoms with Crippen LogP contribution >= 0.6 is 11.6 Å². The standard InChI is InChI=1S/C15H16ClN3O/c16-14-5-2-1-4-12(14)10-13-11-19(8-9-20-13)15-17-6-3-7-18-15/h1-7,13H,8-11H2/t13-/m0/s1. The summed E-state index contributed by atoms with van der Waals surface area (Å²) in [4.78, 5) is 10.7. The molecule has 1 aliphatic rings. The molecule has 1 saturated heterocycles. The first-order chi connectivity index (χ1) is 9.83. The van der Waals surface area contributed by atoms with E-state index >= 15 is 0 Å². The maximum Gasteiger partial charge on any atom is 0.225 e. The lowest BCUT2D eigenvalue weighted by Crippen LogP contribution is -2.44. The minimum absolute atomic E-state index is 0.118. The maximum absolute atomic E-state index is 6.20. The van der Waals surface area contributed by atoms with Crippen LogP contribution in [0, 0.1) is 0 Å². The lowest BCUT2D eigenvalue weighted by Gasteiger charge is -2.33. The molecule has 1 aromatic heterocycles. The van der Waals surface area contributed by atoms with Crippen LogP contribution in [0.3, 0.4) is 0 Å². The molecule has 5 heteroatoms. The van der Waals surface area contributed by atoms with Crippen LogP contribution in [0.15, 0.2) is 42.7 Å². The molecule has 4 nitrogen and oxygen atoms in total. The third kappa shape index (κ3) is 3.08. The van der Waals surface area contributed by atoms with Gasteiger partial charge in [-0.25, -0.2) is 9.97 Å². The van der Waals surface area contributed by atoms with Crippen molar-refractivity contribution in [2.75, 3.05) is 24.6 Å². The second-order valence-electron chi connectivity index (χ2n) is 4.78. The third-order valence-electron chi connectivity index (χ3n) is 3.38. The highest BCUT2D eigenvalue weighted by Crippen LogP contribution is 2.20. The molecule has 2 heterocycles. The van der Waals surface area contributed by atoms with Gasteiger partial charge in [-0.2, -0.15) is 0 Å². The second kappa shape index (κ2) is 6.20. The van der Waals surface area contributed by atoms with Crippen molar-refractivity contribution in [2.45, 2.75) is 12.5 Å². The first-order valence-corrected chi connectivity index (χ1v) is 7.08. The van der Waals surface area contributed by atoms with Crippen LogP contribution in [0.1, 0.15) is 5.56 Å². The van der Waals surface area contributed by atoms with E-state index in [0.29, 0.717) is 6.61 Å². The summed E-state index contributed by atoms with van der Waals surface area (Å²) < 4.78 is 5.83. The molecule has 1 fully saturated rings. The van der Waals surface area contributed by atoms with Gasteiger partial charge in [0.1, 0.15) is 0 Å². The Bertz CT molecular complexity index is 564. The topological polar surface area (TPSA) is 38.2 Å². The van der Waals surface area contributed by atoms with Crippen molar-refractivity contribution in [3.63, 3.8) is 0 Å². The Morgan fingerprint density at radius 1 is 1.20 bits per heavy atom. The molecule has 0 aliphatic carbocycles. The average molecular weight is 290 g/mol. The van der Waals surface area contributed by atoms with Gasteiger partial charge in [-0.05, 0) is 17.7 Å². The molecular weight excluding hydrogens is 274 g/mol. The zero-order valence-corrected chi connectivity index (χ0v) is 11.8. The Kier molecular flexibility index (Phi) is 4.14. The largest absolute Gasteiger partial charge is 0.374 e. The number of morpholine rings is 1. The molecule has 0 N–H and O–H groups in total. The van der Waals surface area contributed by atoms with Crippen molar-refractivity contribution < 1.29 is 4.74 Å². The summed E-state index contributed by atoms with van der Waals surface area (Å²) in [7, 11) is 0. The van der Waals surface area contributed by atoms with Gasteiger partial charge in [0.15, 0.2) is 0 Å². The maximum atomic E-state index is 6.20. The molecule has 104 valence electrons. The Labute approximate surface area is 123 Å². The predicted molar refractivity (Wildman–Crippen MR) is 79.1 cm³/mol. The van der Waals surface area contributed by atoms with Gasteiger partial charge in [-0.1, -0.05) is 29.8 Å². The van der Waals surface area contributed by atoms with Crippen LogP contribution in [-0.2, 0) is 11.2 Å². The van der Waals surface area contributed by atoms with E-state index in [4.69, 9.17) is 16.3 Å². The monoisotopic (exact) mass is 289 g/mol. The Morgan fingerprint density at radius 3 is 2.80 bits per heavy atom. The van der Waals surface area contributed by atoms with Crippen LogP contribution in [0.2, 0.25) is 5.02 Å². The fraction of sp³-hybridized carbons (Fsp3) is 0.333. The van der Waals surface area contributed by atoms with Gasteiger partial charge in [0.05, 0.1) is 12.7 Å². The molecule has 0 saturated carbocycles. The lowest BCUT2D eigenvalue weighted by atomic mass is 10.1. The normalized spacial score (nSPS) is 19.1. The van der Waals surface area contributed by atoms with Crippen molar-refractivity contribution in [3.8, 4) is 0 Å². The van der Waals surface area contributed by atoms with Gasteiger partial charge >= 0.3 is 0 Å². The number of nitrogens with zero attached hydrogens (tertiary/aromatic N) is 3. The average Bonchev–Trinajstić information content (AvgIpc) is 2.51. The van der Waals surface area contributed by atoms with Crippen LogP contribution in [0.5, 0.6) is 0 Å². The number of ether oxygens (including phenoxy) is 1.